The zero-order chi connectivity index (χ0) is 12.8. The summed E-state index contributed by atoms with van der Waals surface area (Å²) in [5, 5.41) is 0. The highest BCUT2D eigenvalue weighted by atomic mass is 19.1. The van der Waals surface area contributed by atoms with Gasteiger partial charge in [0.15, 0.2) is 17.7 Å². The second-order valence-electron chi connectivity index (χ2n) is 3.44. The lowest BCUT2D eigenvalue weighted by atomic mass is 10.2. The molecule has 4 nitrogen and oxygen atoms in total. The van der Waals surface area contributed by atoms with Crippen LogP contribution in [0.1, 0.15) is 19.4 Å². The van der Waals surface area contributed by atoms with E-state index < -0.39 is 17.9 Å². The molecule has 1 atom stereocenters. The molecule has 0 amide bonds. The standard InChI is InChI=1S/C12H16FNO3/c1-3-16-12(15)8(2)17-11-9(7-14)5-4-6-10(11)13/h4-6,8H,3,7,14H2,1-2H3. The van der Waals surface area contributed by atoms with Crippen molar-refractivity contribution in [2.24, 2.45) is 5.73 Å². The van der Waals surface area contributed by atoms with Gasteiger partial charge in [0.05, 0.1) is 6.61 Å². The van der Waals surface area contributed by atoms with Gasteiger partial charge in [-0.15, -0.1) is 0 Å². The number of carbonyl (C=O) groups is 1. The predicted octanol–water partition coefficient (Wildman–Crippen LogP) is 1.61. The van der Waals surface area contributed by atoms with E-state index in [0.717, 1.165) is 0 Å². The summed E-state index contributed by atoms with van der Waals surface area (Å²) < 4.78 is 23.5. The number of rotatable bonds is 5. The van der Waals surface area contributed by atoms with Crippen LogP contribution in [0.15, 0.2) is 18.2 Å². The van der Waals surface area contributed by atoms with E-state index >= 15 is 0 Å². The van der Waals surface area contributed by atoms with Crippen LogP contribution in [0.2, 0.25) is 0 Å². The van der Waals surface area contributed by atoms with E-state index in [-0.39, 0.29) is 18.9 Å². The summed E-state index contributed by atoms with van der Waals surface area (Å²) in [5.41, 5.74) is 5.98. The number of hydrogen-bond donors (Lipinski definition) is 1. The molecule has 5 heteroatoms. The summed E-state index contributed by atoms with van der Waals surface area (Å²) in [5.74, 6) is -1.06. The van der Waals surface area contributed by atoms with Crippen LogP contribution in [0, 0.1) is 5.82 Å². The zero-order valence-electron chi connectivity index (χ0n) is 9.90. The van der Waals surface area contributed by atoms with Gasteiger partial charge in [-0.2, -0.15) is 0 Å². The molecule has 2 N–H and O–H groups in total. The van der Waals surface area contributed by atoms with E-state index in [1.807, 2.05) is 0 Å². The second kappa shape index (κ2) is 6.20. The number of nitrogens with two attached hydrogens (primary N) is 1. The van der Waals surface area contributed by atoms with E-state index in [9.17, 15) is 9.18 Å². The van der Waals surface area contributed by atoms with Crippen LogP contribution in [0.4, 0.5) is 4.39 Å². The maximum absolute atomic E-state index is 13.5. The van der Waals surface area contributed by atoms with Crippen LogP contribution in [-0.4, -0.2) is 18.7 Å². The lowest BCUT2D eigenvalue weighted by molar-refractivity contribution is -0.150. The number of halogens is 1. The van der Waals surface area contributed by atoms with Crippen LogP contribution in [0.5, 0.6) is 5.75 Å². The van der Waals surface area contributed by atoms with E-state index in [2.05, 4.69) is 0 Å². The Morgan fingerprint density at radius 2 is 2.24 bits per heavy atom. The summed E-state index contributed by atoms with van der Waals surface area (Å²) in [6.07, 6.45) is -0.864. The molecule has 0 bridgehead atoms. The Hall–Kier alpha value is -1.62. The normalized spacial score (nSPS) is 12.0. The molecule has 17 heavy (non-hydrogen) atoms. The number of hydrogen-bond acceptors (Lipinski definition) is 4. The van der Waals surface area contributed by atoms with Gasteiger partial charge in [-0.25, -0.2) is 9.18 Å². The third kappa shape index (κ3) is 3.42. The molecule has 94 valence electrons. The quantitative estimate of drug-likeness (QED) is 0.796. The summed E-state index contributed by atoms with van der Waals surface area (Å²) in [6.45, 7) is 3.60. The third-order valence-electron chi connectivity index (χ3n) is 2.18. The minimum absolute atomic E-state index is 0.00977. The molecule has 0 aliphatic heterocycles. The Balaban J connectivity index is 2.83. The van der Waals surface area contributed by atoms with Crippen molar-refractivity contribution in [1.29, 1.82) is 0 Å². The summed E-state index contributed by atoms with van der Waals surface area (Å²) in [4.78, 5) is 11.4. The monoisotopic (exact) mass is 241 g/mol. The highest BCUT2D eigenvalue weighted by molar-refractivity contribution is 5.74. The molecule has 1 rings (SSSR count). The highest BCUT2D eigenvalue weighted by Gasteiger charge is 2.19. The van der Waals surface area contributed by atoms with Gasteiger partial charge in [-0.1, -0.05) is 12.1 Å². The first-order valence-corrected chi connectivity index (χ1v) is 5.40. The first-order chi connectivity index (χ1) is 8.10. The van der Waals surface area contributed by atoms with Crippen LogP contribution in [0.25, 0.3) is 0 Å². The fourth-order valence-electron chi connectivity index (χ4n) is 1.33. The van der Waals surface area contributed by atoms with Gasteiger partial charge >= 0.3 is 5.97 Å². The maximum Gasteiger partial charge on any atom is 0.347 e. The van der Waals surface area contributed by atoms with Gasteiger partial charge in [0.25, 0.3) is 0 Å². The van der Waals surface area contributed by atoms with Gasteiger partial charge < -0.3 is 15.2 Å². The van der Waals surface area contributed by atoms with Crippen molar-refractivity contribution in [3.05, 3.63) is 29.6 Å². The minimum Gasteiger partial charge on any atom is -0.476 e. The predicted molar refractivity (Wildman–Crippen MR) is 61.0 cm³/mol. The largest absolute Gasteiger partial charge is 0.476 e. The Bertz CT molecular complexity index is 395. The fourth-order valence-corrected chi connectivity index (χ4v) is 1.33. The number of benzene rings is 1. The summed E-state index contributed by atoms with van der Waals surface area (Å²) in [7, 11) is 0. The first-order valence-electron chi connectivity index (χ1n) is 5.40. The van der Waals surface area contributed by atoms with Crippen molar-refractivity contribution in [2.75, 3.05) is 6.61 Å². The SMILES string of the molecule is CCOC(=O)C(C)Oc1c(F)cccc1CN. The van der Waals surface area contributed by atoms with Crippen molar-refractivity contribution in [3.63, 3.8) is 0 Å². The molecule has 0 saturated carbocycles. The second-order valence-corrected chi connectivity index (χ2v) is 3.44. The van der Waals surface area contributed by atoms with Gasteiger partial charge in [0, 0.05) is 12.1 Å². The summed E-state index contributed by atoms with van der Waals surface area (Å²) in [6, 6.07) is 4.45. The number of ether oxygens (including phenoxy) is 2. The van der Waals surface area contributed by atoms with E-state index in [0.29, 0.717) is 5.56 Å². The van der Waals surface area contributed by atoms with E-state index in [4.69, 9.17) is 15.2 Å². The molecule has 0 aliphatic rings. The first kappa shape index (κ1) is 13.4. The van der Waals surface area contributed by atoms with Gasteiger partial charge in [-0.05, 0) is 19.9 Å². The minimum atomic E-state index is -0.864. The fraction of sp³-hybridized carbons (Fsp3) is 0.417. The average Bonchev–Trinajstić information content (AvgIpc) is 2.31. The lowest BCUT2D eigenvalue weighted by Crippen LogP contribution is -2.27. The Labute approximate surface area is 99.5 Å². The maximum atomic E-state index is 13.5. The highest BCUT2D eigenvalue weighted by Crippen LogP contribution is 2.23. The Morgan fingerprint density at radius 1 is 1.53 bits per heavy atom. The Morgan fingerprint density at radius 3 is 2.82 bits per heavy atom. The van der Waals surface area contributed by atoms with Crippen molar-refractivity contribution >= 4 is 5.97 Å². The smallest absolute Gasteiger partial charge is 0.347 e. The molecule has 1 aromatic rings. The van der Waals surface area contributed by atoms with Crippen LogP contribution >= 0.6 is 0 Å². The van der Waals surface area contributed by atoms with Crippen molar-refractivity contribution in [3.8, 4) is 5.75 Å². The zero-order valence-corrected chi connectivity index (χ0v) is 9.90. The third-order valence-corrected chi connectivity index (χ3v) is 2.18. The van der Waals surface area contributed by atoms with Gasteiger partial charge in [-0.3, -0.25) is 0 Å². The molecule has 0 fully saturated rings. The van der Waals surface area contributed by atoms with E-state index in [1.54, 1.807) is 19.1 Å². The number of esters is 1. The molecule has 0 radical (unpaired) electrons. The molecule has 0 aliphatic carbocycles. The molecule has 0 aromatic heterocycles. The molecule has 0 spiro atoms. The van der Waals surface area contributed by atoms with Gasteiger partial charge in [0.1, 0.15) is 0 Å². The number of para-hydroxylation sites is 1. The molecular formula is C12H16FNO3. The number of carbonyl (C=O) groups excluding carboxylic acids is 1. The molecule has 0 saturated heterocycles. The molecule has 1 aromatic carbocycles. The molecule has 0 heterocycles. The lowest BCUT2D eigenvalue weighted by Gasteiger charge is -2.16. The van der Waals surface area contributed by atoms with Gasteiger partial charge in [0.2, 0.25) is 0 Å². The molecule has 1 unspecified atom stereocenters. The van der Waals surface area contributed by atoms with Crippen molar-refractivity contribution in [1.82, 2.24) is 0 Å². The molecular weight excluding hydrogens is 225 g/mol. The average molecular weight is 241 g/mol. The van der Waals surface area contributed by atoms with Crippen LogP contribution in [-0.2, 0) is 16.1 Å². The van der Waals surface area contributed by atoms with Crippen molar-refractivity contribution < 1.29 is 18.7 Å². The van der Waals surface area contributed by atoms with E-state index in [1.165, 1.54) is 13.0 Å². The van der Waals surface area contributed by atoms with Crippen LogP contribution < -0.4 is 10.5 Å². The van der Waals surface area contributed by atoms with Crippen LogP contribution in [0.3, 0.4) is 0 Å². The topological polar surface area (TPSA) is 61.5 Å². The van der Waals surface area contributed by atoms with Crippen molar-refractivity contribution in [2.45, 2.75) is 26.5 Å². The summed E-state index contributed by atoms with van der Waals surface area (Å²) >= 11 is 0. The Kier molecular flexibility index (Phi) is 4.90.